The van der Waals surface area contributed by atoms with E-state index in [2.05, 4.69) is 11.9 Å². The summed E-state index contributed by atoms with van der Waals surface area (Å²) < 4.78 is 0. The molecule has 2 N–H and O–H groups in total. The number of nitrogens with two attached hydrogens (primary N) is 1. The van der Waals surface area contributed by atoms with E-state index < -0.39 is 6.04 Å². The van der Waals surface area contributed by atoms with Crippen LogP contribution >= 0.6 is 24.8 Å². The molecule has 0 aromatic heterocycles. The monoisotopic (exact) mass is 341 g/mol. The van der Waals surface area contributed by atoms with E-state index in [1.807, 2.05) is 27.8 Å². The normalized spacial score (nSPS) is 21.0. The quantitative estimate of drug-likeness (QED) is 0.854. The fourth-order valence-electron chi connectivity index (χ4n) is 2.57. The lowest BCUT2D eigenvalue weighted by molar-refractivity contribution is -0.133. The van der Waals surface area contributed by atoms with Gasteiger partial charge in [0.25, 0.3) is 0 Å². The highest BCUT2D eigenvalue weighted by atomic mass is 35.5. The molecule has 0 radical (unpaired) electrons. The van der Waals surface area contributed by atoms with Crippen LogP contribution in [-0.2, 0) is 4.79 Å². The Morgan fingerprint density at radius 2 is 1.90 bits per heavy atom. The zero-order valence-electron chi connectivity index (χ0n) is 14.1. The lowest BCUT2D eigenvalue weighted by Crippen LogP contribution is -2.50. The van der Waals surface area contributed by atoms with Crippen molar-refractivity contribution < 1.29 is 4.79 Å². The number of likely N-dealkylation sites (tertiary alicyclic amines) is 1. The predicted octanol–water partition coefficient (Wildman–Crippen LogP) is 2.54. The van der Waals surface area contributed by atoms with Crippen molar-refractivity contribution in [2.75, 3.05) is 27.2 Å². The predicted molar refractivity (Wildman–Crippen MR) is 94.4 cm³/mol. The third-order valence-corrected chi connectivity index (χ3v) is 4.29. The highest BCUT2D eigenvalue weighted by Gasteiger charge is 2.30. The Kier molecular flexibility index (Phi) is 10.9. The van der Waals surface area contributed by atoms with Crippen LogP contribution in [0.5, 0.6) is 0 Å². The van der Waals surface area contributed by atoms with Gasteiger partial charge in [0.1, 0.15) is 0 Å². The minimum Gasteiger partial charge on any atom is -0.344 e. The first-order valence-corrected chi connectivity index (χ1v) is 7.44. The Morgan fingerprint density at radius 3 is 2.38 bits per heavy atom. The molecule has 1 amide bonds. The van der Waals surface area contributed by atoms with E-state index in [0.717, 1.165) is 13.0 Å². The van der Waals surface area contributed by atoms with Crippen molar-refractivity contribution in [3.8, 4) is 0 Å². The van der Waals surface area contributed by atoms with E-state index in [4.69, 9.17) is 5.73 Å². The molecule has 0 aromatic rings. The Hall–Kier alpha value is -0.0300. The maximum atomic E-state index is 12.2. The number of amides is 1. The molecule has 6 heteroatoms. The van der Waals surface area contributed by atoms with Gasteiger partial charge in [-0.3, -0.25) is 4.79 Å². The fourth-order valence-corrected chi connectivity index (χ4v) is 2.57. The lowest BCUT2D eigenvalue weighted by atomic mass is 9.86. The average Bonchev–Trinajstić information content (AvgIpc) is 2.34. The Bertz CT molecular complexity index is 308. The van der Waals surface area contributed by atoms with Crippen LogP contribution in [0.2, 0.25) is 0 Å². The van der Waals surface area contributed by atoms with Crippen molar-refractivity contribution in [1.82, 2.24) is 9.80 Å². The number of piperidine rings is 1. The van der Waals surface area contributed by atoms with Gasteiger partial charge < -0.3 is 15.5 Å². The van der Waals surface area contributed by atoms with Crippen molar-refractivity contribution in [3.05, 3.63) is 0 Å². The minimum atomic E-state index is -0.415. The van der Waals surface area contributed by atoms with Gasteiger partial charge in [0.2, 0.25) is 5.91 Å². The van der Waals surface area contributed by atoms with Gasteiger partial charge in [0.05, 0.1) is 6.04 Å². The van der Waals surface area contributed by atoms with E-state index in [9.17, 15) is 4.79 Å². The van der Waals surface area contributed by atoms with Crippen molar-refractivity contribution >= 4 is 30.7 Å². The number of nitrogens with zero attached hydrogens (tertiary/aromatic N) is 2. The van der Waals surface area contributed by atoms with Crippen LogP contribution < -0.4 is 5.73 Å². The zero-order valence-corrected chi connectivity index (χ0v) is 15.7. The highest BCUT2D eigenvalue weighted by Crippen LogP contribution is 2.20. The molecule has 1 saturated heterocycles. The first kappa shape index (κ1) is 23.2. The van der Waals surface area contributed by atoms with E-state index >= 15 is 0 Å². The summed E-state index contributed by atoms with van der Waals surface area (Å²) in [6.07, 6.45) is 4.92. The second-order valence-corrected chi connectivity index (χ2v) is 7.02. The van der Waals surface area contributed by atoms with Crippen LogP contribution in [0.4, 0.5) is 0 Å². The van der Waals surface area contributed by atoms with Crippen LogP contribution in [0.25, 0.3) is 0 Å². The molecule has 21 heavy (non-hydrogen) atoms. The third kappa shape index (κ3) is 7.18. The number of hydrogen-bond donors (Lipinski definition) is 1. The Morgan fingerprint density at radius 1 is 1.33 bits per heavy atom. The number of likely N-dealkylation sites (N-methyl/N-ethyl adjacent to an activating group) is 1. The number of hydrogen-bond acceptors (Lipinski definition) is 3. The van der Waals surface area contributed by atoms with Crippen molar-refractivity contribution in [2.24, 2.45) is 11.1 Å². The van der Waals surface area contributed by atoms with E-state index in [1.165, 1.54) is 25.8 Å². The number of halogens is 2. The molecule has 0 aliphatic carbocycles. The molecule has 0 saturated carbocycles. The summed E-state index contributed by atoms with van der Waals surface area (Å²) in [6, 6.07) is 0.205. The molecule has 2 atom stereocenters. The smallest absolute Gasteiger partial charge is 0.239 e. The van der Waals surface area contributed by atoms with E-state index in [-0.39, 0.29) is 36.1 Å². The summed E-state index contributed by atoms with van der Waals surface area (Å²) >= 11 is 0. The second kappa shape index (κ2) is 9.88. The lowest BCUT2D eigenvalue weighted by Gasteiger charge is -2.35. The van der Waals surface area contributed by atoms with Gasteiger partial charge in [-0.25, -0.2) is 0 Å². The molecule has 4 nitrogen and oxygen atoms in total. The summed E-state index contributed by atoms with van der Waals surface area (Å²) in [7, 11) is 4.06. The van der Waals surface area contributed by atoms with Crippen molar-refractivity contribution in [3.63, 3.8) is 0 Å². The largest absolute Gasteiger partial charge is 0.344 e. The second-order valence-electron chi connectivity index (χ2n) is 7.02. The third-order valence-electron chi connectivity index (χ3n) is 4.29. The van der Waals surface area contributed by atoms with Crippen LogP contribution in [0.1, 0.15) is 46.5 Å². The zero-order chi connectivity index (χ0) is 14.6. The summed E-state index contributed by atoms with van der Waals surface area (Å²) in [5.74, 6) is 0.0611. The van der Waals surface area contributed by atoms with Gasteiger partial charge in [-0.05, 0) is 38.3 Å². The molecular formula is C15H33Cl2N3O. The fraction of sp³-hybridized carbons (Fsp3) is 0.933. The number of carbonyl (C=O) groups excluding carboxylic acids is 1. The molecular weight excluding hydrogens is 309 g/mol. The molecule has 1 heterocycles. The molecule has 0 aromatic carbocycles. The standard InChI is InChI=1S/C15H31N3O.2ClH/c1-15(2,3)13(16)14(19)18(5)11-9-12-8-6-7-10-17(12)4;;/h12-13H,6-11,16H2,1-5H3;2*1H/t12?,13-;;/m1../s1. The number of rotatable bonds is 4. The van der Waals surface area contributed by atoms with E-state index in [0.29, 0.717) is 6.04 Å². The molecule has 1 aliphatic heterocycles. The average molecular weight is 342 g/mol. The first-order valence-electron chi connectivity index (χ1n) is 7.44. The number of carbonyl (C=O) groups is 1. The van der Waals surface area contributed by atoms with Crippen LogP contribution in [0.15, 0.2) is 0 Å². The molecule has 128 valence electrons. The molecule has 0 spiro atoms. The minimum absolute atomic E-state index is 0. The highest BCUT2D eigenvalue weighted by molar-refractivity contribution is 5.85. The van der Waals surface area contributed by atoms with Gasteiger partial charge in [0.15, 0.2) is 0 Å². The molecule has 0 bridgehead atoms. The first-order chi connectivity index (χ1) is 8.73. The van der Waals surface area contributed by atoms with Gasteiger partial charge in [-0.1, -0.05) is 27.2 Å². The maximum Gasteiger partial charge on any atom is 0.239 e. The maximum absolute atomic E-state index is 12.2. The van der Waals surface area contributed by atoms with Crippen LogP contribution in [0, 0.1) is 5.41 Å². The van der Waals surface area contributed by atoms with Gasteiger partial charge in [0, 0.05) is 19.6 Å². The Balaban J connectivity index is 0. The topological polar surface area (TPSA) is 49.6 Å². The molecule has 1 aliphatic rings. The van der Waals surface area contributed by atoms with E-state index in [1.54, 1.807) is 4.90 Å². The molecule has 1 unspecified atom stereocenters. The summed E-state index contributed by atoms with van der Waals surface area (Å²) in [5.41, 5.74) is 5.86. The van der Waals surface area contributed by atoms with Gasteiger partial charge in [-0.2, -0.15) is 0 Å². The molecule has 1 fully saturated rings. The molecule has 1 rings (SSSR count). The SMILES string of the molecule is CN(CCC1CCCCN1C)C(=O)[C@@H](N)C(C)(C)C.Cl.Cl. The van der Waals surface area contributed by atoms with Crippen LogP contribution in [-0.4, -0.2) is 55.0 Å². The van der Waals surface area contributed by atoms with Crippen LogP contribution in [0.3, 0.4) is 0 Å². The summed E-state index contributed by atoms with van der Waals surface area (Å²) in [5, 5.41) is 0. The van der Waals surface area contributed by atoms with Gasteiger partial charge in [-0.15, -0.1) is 24.8 Å². The summed E-state index contributed by atoms with van der Waals surface area (Å²) in [6.45, 7) is 8.02. The van der Waals surface area contributed by atoms with Gasteiger partial charge >= 0.3 is 0 Å². The van der Waals surface area contributed by atoms with Crippen molar-refractivity contribution in [1.29, 1.82) is 0 Å². The van der Waals surface area contributed by atoms with Crippen molar-refractivity contribution in [2.45, 2.75) is 58.5 Å². The Labute approximate surface area is 142 Å². The summed E-state index contributed by atoms with van der Waals surface area (Å²) in [4.78, 5) is 16.5.